The van der Waals surface area contributed by atoms with Crippen molar-refractivity contribution in [3.63, 3.8) is 0 Å². The summed E-state index contributed by atoms with van der Waals surface area (Å²) >= 11 is 0. The number of amides is 3. The fourth-order valence-electron chi connectivity index (χ4n) is 3.09. The molecule has 0 bridgehead atoms. The molecule has 0 atom stereocenters. The molecule has 0 saturated carbocycles. The van der Waals surface area contributed by atoms with Gasteiger partial charge in [0, 0.05) is 46.0 Å². The maximum absolute atomic E-state index is 12.9. The molecular formula is C27H32N4O10S. The third-order valence-corrected chi connectivity index (χ3v) is 6.99. The van der Waals surface area contributed by atoms with Gasteiger partial charge in [0.1, 0.15) is 0 Å². The van der Waals surface area contributed by atoms with Gasteiger partial charge in [0.15, 0.2) is 23.9 Å². The molecule has 1 heterocycles. The van der Waals surface area contributed by atoms with Gasteiger partial charge in [-0.3, -0.25) is 14.4 Å². The number of hydrogen-bond donors (Lipinski definition) is 2. The minimum Gasteiger partial charge on any atom is -0.493 e. The van der Waals surface area contributed by atoms with Crippen LogP contribution in [0.3, 0.4) is 0 Å². The van der Waals surface area contributed by atoms with Crippen LogP contribution in [0.15, 0.2) is 64.1 Å². The van der Waals surface area contributed by atoms with E-state index in [2.05, 4.69) is 10.6 Å². The van der Waals surface area contributed by atoms with Gasteiger partial charge < -0.3 is 34.2 Å². The topological polar surface area (TPSA) is 174 Å². The predicted octanol–water partition coefficient (Wildman–Crippen LogP) is 2.30. The average Bonchev–Trinajstić information content (AvgIpc) is 3.51. The molecule has 3 rings (SSSR count). The second-order valence-corrected chi connectivity index (χ2v) is 10.8. The van der Waals surface area contributed by atoms with Crippen molar-refractivity contribution in [2.75, 3.05) is 59.7 Å². The van der Waals surface area contributed by atoms with Crippen LogP contribution < -0.4 is 20.1 Å². The number of esters is 1. The largest absolute Gasteiger partial charge is 0.493 e. The Bertz CT molecular complexity index is 1500. The van der Waals surface area contributed by atoms with Gasteiger partial charge in [-0.25, -0.2) is 17.5 Å². The molecule has 2 aromatic carbocycles. The van der Waals surface area contributed by atoms with Crippen LogP contribution in [0, 0.1) is 0 Å². The molecular weight excluding hydrogens is 572 g/mol. The zero-order chi connectivity index (χ0) is 31.4. The monoisotopic (exact) mass is 604 g/mol. The van der Waals surface area contributed by atoms with Gasteiger partial charge >= 0.3 is 5.97 Å². The van der Waals surface area contributed by atoms with Crippen molar-refractivity contribution >= 4 is 45.6 Å². The maximum Gasteiger partial charge on any atom is 0.340 e. The number of carbonyl (C=O) groups is 4. The lowest BCUT2D eigenvalue weighted by molar-refractivity contribution is -0.119. The Kier molecular flexibility index (Phi) is 12.1. The van der Waals surface area contributed by atoms with E-state index in [-0.39, 0.29) is 39.1 Å². The molecule has 0 spiro atoms. The van der Waals surface area contributed by atoms with E-state index in [9.17, 15) is 27.6 Å². The molecule has 14 nitrogen and oxygen atoms in total. The van der Waals surface area contributed by atoms with Gasteiger partial charge in [-0.15, -0.1) is 0 Å². The molecule has 0 aliphatic heterocycles. The molecule has 3 aromatic rings. The first-order valence-electron chi connectivity index (χ1n) is 12.1. The molecule has 2 N–H and O–H groups in total. The molecule has 1 aromatic heterocycles. The number of sulfonamides is 1. The summed E-state index contributed by atoms with van der Waals surface area (Å²) < 4.78 is 46.3. The number of benzene rings is 2. The number of hydrogen-bond acceptors (Lipinski definition) is 10. The summed E-state index contributed by atoms with van der Waals surface area (Å²) in [7, 11) is 5.20. The Morgan fingerprint density at radius 1 is 0.929 bits per heavy atom. The van der Waals surface area contributed by atoms with Crippen molar-refractivity contribution in [2.24, 2.45) is 0 Å². The van der Waals surface area contributed by atoms with E-state index >= 15 is 0 Å². The highest BCUT2D eigenvalue weighted by Gasteiger charge is 2.22. The van der Waals surface area contributed by atoms with E-state index in [0.717, 1.165) is 10.7 Å². The number of nitrogens with one attached hydrogen (secondary N) is 2. The van der Waals surface area contributed by atoms with Gasteiger partial charge in [0.05, 0.1) is 36.6 Å². The summed E-state index contributed by atoms with van der Waals surface area (Å²) in [6.45, 7) is -0.691. The Morgan fingerprint density at radius 2 is 1.57 bits per heavy atom. The fraction of sp³-hybridized carbons (Fsp3) is 0.259. The number of anilines is 2. The first kappa shape index (κ1) is 33.3. The molecule has 0 saturated heterocycles. The molecule has 0 aliphatic carbocycles. The minimum atomic E-state index is -3.71. The van der Waals surface area contributed by atoms with E-state index in [1.807, 2.05) is 0 Å². The quantitative estimate of drug-likeness (QED) is 0.244. The van der Waals surface area contributed by atoms with E-state index in [1.54, 1.807) is 14.1 Å². The molecule has 0 fully saturated rings. The predicted molar refractivity (Wildman–Crippen MR) is 152 cm³/mol. The molecule has 226 valence electrons. The number of furan rings is 1. The SMILES string of the molecule is CN(C)C=O.COc1cc(NC(=O)c2ccco2)c(C(=O)OCC(=O)Nc2cccc(S(=O)(=O)N(C)C)c2)cc1OC. The van der Waals surface area contributed by atoms with Crippen molar-refractivity contribution in [1.82, 2.24) is 9.21 Å². The summed E-state index contributed by atoms with van der Waals surface area (Å²) in [6, 6.07) is 11.3. The third-order valence-electron chi connectivity index (χ3n) is 5.18. The standard InChI is InChI=1S/C24H25N3O9S.C3H7NO/c1-27(2)37(31,32)16-8-5-7-15(11-16)25-22(28)14-36-24(30)17-12-20(33-3)21(34-4)13-18(17)26-23(29)19-9-6-10-35-19;1-4(2)3-5/h5-13H,14H2,1-4H3,(H,25,28)(H,26,29);3H,1-2H3. The highest BCUT2D eigenvalue weighted by molar-refractivity contribution is 7.89. The van der Waals surface area contributed by atoms with E-state index < -0.39 is 34.4 Å². The molecule has 0 radical (unpaired) electrons. The molecule has 15 heteroatoms. The second kappa shape index (κ2) is 15.2. The van der Waals surface area contributed by atoms with Gasteiger partial charge in [0.2, 0.25) is 16.4 Å². The smallest absolute Gasteiger partial charge is 0.340 e. The molecule has 42 heavy (non-hydrogen) atoms. The normalized spacial score (nSPS) is 10.5. The average molecular weight is 605 g/mol. The van der Waals surface area contributed by atoms with Gasteiger partial charge in [-0.1, -0.05) is 6.07 Å². The van der Waals surface area contributed by atoms with Gasteiger partial charge in [-0.05, 0) is 30.3 Å². The highest BCUT2D eigenvalue weighted by Crippen LogP contribution is 2.34. The lowest BCUT2D eigenvalue weighted by Crippen LogP contribution is -2.23. The lowest BCUT2D eigenvalue weighted by atomic mass is 10.1. The Hall–Kier alpha value is -4.89. The van der Waals surface area contributed by atoms with Crippen molar-refractivity contribution in [2.45, 2.75) is 4.90 Å². The Balaban J connectivity index is 0.00000113. The molecule has 3 amide bonds. The van der Waals surface area contributed by atoms with E-state index in [0.29, 0.717) is 0 Å². The number of carbonyl (C=O) groups excluding carboxylic acids is 4. The zero-order valence-corrected chi connectivity index (χ0v) is 24.7. The maximum atomic E-state index is 12.9. The van der Waals surface area contributed by atoms with E-state index in [1.165, 1.54) is 88.0 Å². The number of nitrogens with zero attached hydrogens (tertiary/aromatic N) is 2. The molecule has 0 aliphatic rings. The van der Waals surface area contributed by atoms with Crippen LogP contribution in [0.1, 0.15) is 20.9 Å². The van der Waals surface area contributed by atoms with Crippen molar-refractivity contribution < 1.29 is 46.2 Å². The van der Waals surface area contributed by atoms with Crippen molar-refractivity contribution in [1.29, 1.82) is 0 Å². The van der Waals surface area contributed by atoms with Crippen LogP contribution in [-0.2, 0) is 24.3 Å². The third kappa shape index (κ3) is 9.07. The summed E-state index contributed by atoms with van der Waals surface area (Å²) in [5, 5.41) is 5.03. The number of ether oxygens (including phenoxy) is 3. The van der Waals surface area contributed by atoms with Crippen molar-refractivity contribution in [3.05, 3.63) is 66.1 Å². The minimum absolute atomic E-state index is 0.00647. The first-order valence-corrected chi connectivity index (χ1v) is 13.5. The van der Waals surface area contributed by atoms with Crippen LogP contribution in [0.4, 0.5) is 11.4 Å². The zero-order valence-electron chi connectivity index (χ0n) is 23.9. The summed E-state index contributed by atoms with van der Waals surface area (Å²) in [5.41, 5.74) is 0.122. The lowest BCUT2D eigenvalue weighted by Gasteiger charge is -2.15. The van der Waals surface area contributed by atoms with Crippen LogP contribution in [0.25, 0.3) is 0 Å². The highest BCUT2D eigenvalue weighted by atomic mass is 32.2. The van der Waals surface area contributed by atoms with Crippen LogP contribution in [0.2, 0.25) is 0 Å². The Labute approximate surface area is 243 Å². The van der Waals surface area contributed by atoms with Crippen LogP contribution in [-0.4, -0.2) is 90.8 Å². The number of methoxy groups -OCH3 is 2. The summed E-state index contributed by atoms with van der Waals surface area (Å²) in [5.74, 6) is -1.85. The van der Waals surface area contributed by atoms with Crippen LogP contribution >= 0.6 is 0 Å². The summed E-state index contributed by atoms with van der Waals surface area (Å²) in [4.78, 5) is 48.6. The number of rotatable bonds is 11. The van der Waals surface area contributed by atoms with Crippen molar-refractivity contribution in [3.8, 4) is 11.5 Å². The van der Waals surface area contributed by atoms with Gasteiger partial charge in [0.25, 0.3) is 11.8 Å². The molecule has 0 unspecified atom stereocenters. The second-order valence-electron chi connectivity index (χ2n) is 8.69. The first-order chi connectivity index (χ1) is 19.8. The summed E-state index contributed by atoms with van der Waals surface area (Å²) in [6.07, 6.45) is 2.07. The fourth-order valence-corrected chi connectivity index (χ4v) is 4.04. The van der Waals surface area contributed by atoms with Crippen LogP contribution in [0.5, 0.6) is 11.5 Å². The van der Waals surface area contributed by atoms with Gasteiger partial charge in [-0.2, -0.15) is 0 Å². The Morgan fingerprint density at radius 3 is 2.12 bits per heavy atom. The van der Waals surface area contributed by atoms with E-state index in [4.69, 9.17) is 18.6 Å².